The number of rotatable bonds is 12. The Morgan fingerprint density at radius 2 is 2.00 bits per heavy atom. The lowest BCUT2D eigenvalue weighted by molar-refractivity contribution is 0.0506. The third kappa shape index (κ3) is 6.99. The van der Waals surface area contributed by atoms with Crippen molar-refractivity contribution in [1.82, 2.24) is 4.98 Å². The summed E-state index contributed by atoms with van der Waals surface area (Å²) < 4.78 is 30.2. The van der Waals surface area contributed by atoms with Crippen LogP contribution in [0.25, 0.3) is 22.4 Å². The summed E-state index contributed by atoms with van der Waals surface area (Å²) in [5.41, 5.74) is 4.36. The van der Waals surface area contributed by atoms with E-state index in [2.05, 4.69) is 53.7 Å². The van der Waals surface area contributed by atoms with Gasteiger partial charge in [-0.1, -0.05) is 12.1 Å². The molecule has 0 fully saturated rings. The van der Waals surface area contributed by atoms with E-state index in [-0.39, 0.29) is 13.4 Å². The Hall–Kier alpha value is -2.00. The summed E-state index contributed by atoms with van der Waals surface area (Å²) in [6.07, 6.45) is 4.07. The highest BCUT2D eigenvalue weighted by atomic mass is 79.9. The number of hydrogen-bond donors (Lipinski definition) is 0. The molecule has 5 nitrogen and oxygen atoms in total. The zero-order valence-corrected chi connectivity index (χ0v) is 21.8. The summed E-state index contributed by atoms with van der Waals surface area (Å²) >= 11 is 5.20. The molecule has 0 saturated carbocycles. The number of fused-ring (bicyclic) bond motifs is 1. The van der Waals surface area contributed by atoms with Gasteiger partial charge in [-0.05, 0) is 78.2 Å². The molecule has 0 N–H and O–H groups in total. The lowest BCUT2D eigenvalue weighted by Gasteiger charge is -2.30. The third-order valence-electron chi connectivity index (χ3n) is 5.06. The van der Waals surface area contributed by atoms with Crippen LogP contribution in [0.3, 0.4) is 0 Å². The Morgan fingerprint density at radius 1 is 1.18 bits per heavy atom. The third-order valence-corrected chi connectivity index (χ3v) is 6.66. The highest BCUT2D eigenvalue weighted by molar-refractivity contribution is 9.10. The summed E-state index contributed by atoms with van der Waals surface area (Å²) in [6.45, 7) is 7.54. The molecule has 1 heterocycles. The first-order valence-corrected chi connectivity index (χ1v) is 12.4. The van der Waals surface area contributed by atoms with E-state index in [0.717, 1.165) is 42.3 Å². The van der Waals surface area contributed by atoms with Gasteiger partial charge in [-0.25, -0.2) is 9.37 Å². The summed E-state index contributed by atoms with van der Waals surface area (Å²) in [5.74, 6) is 0.738. The fourth-order valence-corrected chi connectivity index (χ4v) is 4.87. The van der Waals surface area contributed by atoms with Crippen LogP contribution in [0.2, 0.25) is 0 Å². The second kappa shape index (κ2) is 12.5. The predicted molar refractivity (Wildman–Crippen MR) is 139 cm³/mol. The molecule has 3 rings (SSSR count). The van der Waals surface area contributed by atoms with Gasteiger partial charge in [0.1, 0.15) is 17.4 Å². The van der Waals surface area contributed by atoms with Gasteiger partial charge >= 0.3 is 0 Å². The standard InChI is InChI=1S/C25H30BrFN2O3S/c1-17(2)29(10-12-31-11-9-27)22-15-24-21(13-18(22)3)28-25(33-24)8-6-19-5-7-23(20(26)14-19)32-16-30-4/h5-8,13-15,17H,9-12,16H2,1-4H3/b8-6+. The molecular formula is C25H30BrFN2O3S. The van der Waals surface area contributed by atoms with E-state index in [4.69, 9.17) is 19.2 Å². The normalized spacial score (nSPS) is 11.7. The molecule has 0 saturated heterocycles. The Kier molecular flexibility index (Phi) is 9.67. The largest absolute Gasteiger partial charge is 0.466 e. The van der Waals surface area contributed by atoms with Gasteiger partial charge < -0.3 is 19.1 Å². The molecule has 0 atom stereocenters. The molecule has 0 unspecified atom stereocenters. The van der Waals surface area contributed by atoms with Gasteiger partial charge in [-0.3, -0.25) is 0 Å². The van der Waals surface area contributed by atoms with Crippen LogP contribution >= 0.6 is 27.3 Å². The predicted octanol–water partition coefficient (Wildman–Crippen LogP) is 6.72. The topological polar surface area (TPSA) is 43.8 Å². The summed E-state index contributed by atoms with van der Waals surface area (Å²) in [5, 5.41) is 0.944. The number of nitrogens with zero attached hydrogens (tertiary/aromatic N) is 2. The van der Waals surface area contributed by atoms with Gasteiger partial charge in [-0.2, -0.15) is 0 Å². The zero-order chi connectivity index (χ0) is 23.8. The van der Waals surface area contributed by atoms with E-state index in [9.17, 15) is 4.39 Å². The molecule has 0 aliphatic heterocycles. The van der Waals surface area contributed by atoms with Crippen molar-refractivity contribution in [2.24, 2.45) is 0 Å². The number of hydrogen-bond acceptors (Lipinski definition) is 6. The number of benzene rings is 2. The quantitative estimate of drug-likeness (QED) is 0.190. The fraction of sp³-hybridized carbons (Fsp3) is 0.400. The van der Waals surface area contributed by atoms with Crippen molar-refractivity contribution in [3.8, 4) is 5.75 Å². The minimum atomic E-state index is -0.452. The molecule has 0 aliphatic carbocycles. The number of halogens is 2. The smallest absolute Gasteiger partial charge is 0.188 e. The monoisotopic (exact) mass is 536 g/mol. The fourth-order valence-electron chi connectivity index (χ4n) is 3.47. The van der Waals surface area contributed by atoms with E-state index >= 15 is 0 Å². The number of aromatic nitrogens is 1. The van der Waals surface area contributed by atoms with Crippen molar-refractivity contribution >= 4 is 55.3 Å². The molecule has 2 aromatic carbocycles. The van der Waals surface area contributed by atoms with Crippen molar-refractivity contribution in [2.75, 3.05) is 45.2 Å². The Labute approximate surface area is 207 Å². The van der Waals surface area contributed by atoms with Gasteiger partial charge in [0.25, 0.3) is 0 Å². The van der Waals surface area contributed by atoms with Crippen LogP contribution in [-0.4, -0.2) is 51.4 Å². The molecule has 1 aromatic heterocycles. The molecule has 0 radical (unpaired) electrons. The summed E-state index contributed by atoms with van der Waals surface area (Å²) in [4.78, 5) is 7.09. The maximum Gasteiger partial charge on any atom is 0.188 e. The first kappa shape index (κ1) is 25.6. The molecule has 33 heavy (non-hydrogen) atoms. The highest BCUT2D eigenvalue weighted by Crippen LogP contribution is 2.32. The molecule has 178 valence electrons. The molecular weight excluding hydrogens is 507 g/mol. The first-order chi connectivity index (χ1) is 15.9. The molecule has 0 spiro atoms. The van der Waals surface area contributed by atoms with Gasteiger partial charge in [0.15, 0.2) is 6.79 Å². The lowest BCUT2D eigenvalue weighted by Crippen LogP contribution is -2.34. The van der Waals surface area contributed by atoms with E-state index in [1.54, 1.807) is 18.4 Å². The number of ether oxygens (including phenoxy) is 3. The SMILES string of the molecule is COCOc1ccc(/C=C/c2nc3cc(C)c(N(CCOCCF)C(C)C)cc3s2)cc1Br. The maximum atomic E-state index is 12.3. The number of thiazole rings is 1. The number of methoxy groups -OCH3 is 1. The maximum absolute atomic E-state index is 12.3. The molecule has 8 heteroatoms. The minimum Gasteiger partial charge on any atom is -0.466 e. The van der Waals surface area contributed by atoms with Crippen molar-refractivity contribution in [3.63, 3.8) is 0 Å². The molecule has 0 amide bonds. The zero-order valence-electron chi connectivity index (χ0n) is 19.4. The van der Waals surface area contributed by atoms with Crippen LogP contribution in [0.15, 0.2) is 34.8 Å². The second-order valence-electron chi connectivity index (χ2n) is 7.82. The van der Waals surface area contributed by atoms with Crippen molar-refractivity contribution < 1.29 is 18.6 Å². The Bertz CT molecular complexity index is 1090. The van der Waals surface area contributed by atoms with E-state index in [0.29, 0.717) is 19.2 Å². The van der Waals surface area contributed by atoms with E-state index in [1.807, 2.05) is 30.4 Å². The van der Waals surface area contributed by atoms with E-state index in [1.165, 1.54) is 0 Å². The number of anilines is 1. The number of aryl methyl sites for hydroxylation is 1. The first-order valence-electron chi connectivity index (χ1n) is 10.8. The van der Waals surface area contributed by atoms with Gasteiger partial charge in [0, 0.05) is 25.4 Å². The lowest BCUT2D eigenvalue weighted by atomic mass is 10.1. The summed E-state index contributed by atoms with van der Waals surface area (Å²) in [7, 11) is 1.59. The van der Waals surface area contributed by atoms with Crippen LogP contribution in [-0.2, 0) is 9.47 Å². The minimum absolute atomic E-state index is 0.147. The number of alkyl halides is 1. The van der Waals surface area contributed by atoms with Crippen LogP contribution in [0.5, 0.6) is 5.75 Å². The van der Waals surface area contributed by atoms with Crippen molar-refractivity contribution in [3.05, 3.63) is 50.9 Å². The van der Waals surface area contributed by atoms with Crippen LogP contribution < -0.4 is 9.64 Å². The van der Waals surface area contributed by atoms with Crippen LogP contribution in [0.4, 0.5) is 10.1 Å². The van der Waals surface area contributed by atoms with Crippen molar-refractivity contribution in [1.29, 1.82) is 0 Å². The van der Waals surface area contributed by atoms with Crippen LogP contribution in [0, 0.1) is 6.92 Å². The van der Waals surface area contributed by atoms with Crippen LogP contribution in [0.1, 0.15) is 30.0 Å². The average Bonchev–Trinajstić information content (AvgIpc) is 3.18. The summed E-state index contributed by atoms with van der Waals surface area (Å²) in [6, 6.07) is 10.5. The van der Waals surface area contributed by atoms with E-state index < -0.39 is 6.67 Å². The van der Waals surface area contributed by atoms with Gasteiger partial charge in [-0.15, -0.1) is 11.3 Å². The highest BCUT2D eigenvalue weighted by Gasteiger charge is 2.15. The van der Waals surface area contributed by atoms with Crippen molar-refractivity contribution in [2.45, 2.75) is 26.8 Å². The Balaban J connectivity index is 1.79. The average molecular weight is 537 g/mol. The second-order valence-corrected chi connectivity index (χ2v) is 9.74. The molecule has 0 bridgehead atoms. The van der Waals surface area contributed by atoms with Gasteiger partial charge in [0.2, 0.25) is 0 Å². The Morgan fingerprint density at radius 3 is 2.70 bits per heavy atom. The molecule has 0 aliphatic rings. The molecule has 3 aromatic rings. The van der Waals surface area contributed by atoms with Gasteiger partial charge in [0.05, 0.1) is 27.9 Å².